The van der Waals surface area contributed by atoms with Crippen LogP contribution >= 0.6 is 0 Å². The van der Waals surface area contributed by atoms with E-state index in [4.69, 9.17) is 4.42 Å². The van der Waals surface area contributed by atoms with Gasteiger partial charge in [0.05, 0.1) is 6.26 Å². The molecule has 2 aromatic heterocycles. The number of carbonyl (C=O) groups is 1. The number of rotatable bonds is 7. The van der Waals surface area contributed by atoms with Crippen molar-refractivity contribution in [1.29, 1.82) is 0 Å². The minimum Gasteiger partial charge on any atom is -0.459 e. The molecule has 4 nitrogen and oxygen atoms in total. The van der Waals surface area contributed by atoms with E-state index in [1.165, 1.54) is 11.8 Å². The fourth-order valence-corrected chi connectivity index (χ4v) is 2.64. The molecular formula is C20H20N2O2. The average Bonchev–Trinajstić information content (AvgIpc) is 3.17. The van der Waals surface area contributed by atoms with E-state index in [1.54, 1.807) is 24.5 Å². The van der Waals surface area contributed by atoms with Crippen molar-refractivity contribution >= 4 is 5.91 Å². The lowest BCUT2D eigenvalue weighted by molar-refractivity contribution is 0.0709. The first-order chi connectivity index (χ1) is 11.8. The topological polar surface area (TPSA) is 46.3 Å². The van der Waals surface area contributed by atoms with Gasteiger partial charge in [0.25, 0.3) is 5.91 Å². The van der Waals surface area contributed by atoms with Crippen molar-refractivity contribution in [2.24, 2.45) is 0 Å². The maximum absolute atomic E-state index is 12.7. The second-order valence-electron chi connectivity index (χ2n) is 5.65. The third-order valence-corrected chi connectivity index (χ3v) is 3.88. The zero-order valence-corrected chi connectivity index (χ0v) is 13.5. The standard InChI is InChI=1S/C20H20N2O2/c23-20(19-9-5-15-24-19)22(16-18-10-12-21-13-11-18)14-4-8-17-6-2-1-3-7-17/h1-3,5-7,9-13,15H,4,8,14,16H2. The van der Waals surface area contributed by atoms with Crippen LogP contribution in [0.25, 0.3) is 0 Å². The third-order valence-electron chi connectivity index (χ3n) is 3.88. The van der Waals surface area contributed by atoms with Crippen molar-refractivity contribution in [1.82, 2.24) is 9.88 Å². The normalized spacial score (nSPS) is 10.5. The van der Waals surface area contributed by atoms with Crippen molar-refractivity contribution in [3.8, 4) is 0 Å². The molecule has 0 fully saturated rings. The first-order valence-corrected chi connectivity index (χ1v) is 8.08. The Bertz CT molecular complexity index is 740. The Balaban J connectivity index is 1.66. The Labute approximate surface area is 141 Å². The Kier molecular flexibility index (Phi) is 5.40. The quantitative estimate of drug-likeness (QED) is 0.662. The molecule has 0 spiro atoms. The van der Waals surface area contributed by atoms with Gasteiger partial charge in [0.2, 0.25) is 0 Å². The minimum absolute atomic E-state index is 0.0788. The molecule has 3 aromatic rings. The van der Waals surface area contributed by atoms with Gasteiger partial charge in [0.15, 0.2) is 5.76 Å². The minimum atomic E-state index is -0.0788. The number of pyridine rings is 1. The SMILES string of the molecule is O=C(c1ccco1)N(CCCc1ccccc1)Cc1ccncc1. The molecule has 24 heavy (non-hydrogen) atoms. The van der Waals surface area contributed by atoms with Gasteiger partial charge in [-0.15, -0.1) is 0 Å². The van der Waals surface area contributed by atoms with E-state index in [9.17, 15) is 4.79 Å². The van der Waals surface area contributed by atoms with Crippen molar-refractivity contribution < 1.29 is 9.21 Å². The summed E-state index contributed by atoms with van der Waals surface area (Å²) >= 11 is 0. The van der Waals surface area contributed by atoms with Gasteiger partial charge in [-0.1, -0.05) is 30.3 Å². The summed E-state index contributed by atoms with van der Waals surface area (Å²) in [5.41, 5.74) is 2.34. The van der Waals surface area contributed by atoms with Gasteiger partial charge in [0, 0.05) is 25.5 Å². The van der Waals surface area contributed by atoms with E-state index < -0.39 is 0 Å². The second kappa shape index (κ2) is 8.11. The van der Waals surface area contributed by atoms with Crippen LogP contribution in [0.1, 0.15) is 28.1 Å². The molecule has 2 heterocycles. The molecule has 3 rings (SSSR count). The van der Waals surface area contributed by atoms with E-state index in [-0.39, 0.29) is 5.91 Å². The lowest BCUT2D eigenvalue weighted by Crippen LogP contribution is -2.31. The molecule has 0 unspecified atom stereocenters. The highest BCUT2D eigenvalue weighted by atomic mass is 16.3. The van der Waals surface area contributed by atoms with Crippen LogP contribution in [0.3, 0.4) is 0 Å². The molecule has 122 valence electrons. The van der Waals surface area contributed by atoms with Crippen LogP contribution in [0.15, 0.2) is 77.7 Å². The molecule has 0 N–H and O–H groups in total. The maximum Gasteiger partial charge on any atom is 0.289 e. The van der Waals surface area contributed by atoms with Crippen LogP contribution in [0, 0.1) is 0 Å². The highest BCUT2D eigenvalue weighted by Gasteiger charge is 2.18. The van der Waals surface area contributed by atoms with Gasteiger partial charge < -0.3 is 9.32 Å². The summed E-state index contributed by atoms with van der Waals surface area (Å²) in [6.07, 6.45) is 6.87. The number of hydrogen-bond donors (Lipinski definition) is 0. The molecular weight excluding hydrogens is 300 g/mol. The van der Waals surface area contributed by atoms with Crippen LogP contribution in [0.5, 0.6) is 0 Å². The Morgan fingerprint density at radius 2 is 1.75 bits per heavy atom. The lowest BCUT2D eigenvalue weighted by atomic mass is 10.1. The zero-order valence-electron chi connectivity index (χ0n) is 13.5. The van der Waals surface area contributed by atoms with Gasteiger partial charge in [-0.05, 0) is 48.2 Å². The molecule has 1 aromatic carbocycles. The number of benzene rings is 1. The van der Waals surface area contributed by atoms with Crippen molar-refractivity contribution in [2.75, 3.05) is 6.54 Å². The Morgan fingerprint density at radius 1 is 0.958 bits per heavy atom. The first-order valence-electron chi connectivity index (χ1n) is 8.08. The van der Waals surface area contributed by atoms with Crippen LogP contribution in [-0.4, -0.2) is 22.3 Å². The van der Waals surface area contributed by atoms with Crippen LogP contribution in [0.4, 0.5) is 0 Å². The summed E-state index contributed by atoms with van der Waals surface area (Å²) in [6, 6.07) is 17.6. The van der Waals surface area contributed by atoms with E-state index in [2.05, 4.69) is 17.1 Å². The average molecular weight is 320 g/mol. The number of aryl methyl sites for hydroxylation is 1. The smallest absolute Gasteiger partial charge is 0.289 e. The number of furan rings is 1. The zero-order chi connectivity index (χ0) is 16.6. The number of aromatic nitrogens is 1. The lowest BCUT2D eigenvalue weighted by Gasteiger charge is -2.22. The fourth-order valence-electron chi connectivity index (χ4n) is 2.64. The summed E-state index contributed by atoms with van der Waals surface area (Å²) in [4.78, 5) is 18.5. The number of carbonyl (C=O) groups excluding carboxylic acids is 1. The largest absolute Gasteiger partial charge is 0.459 e. The predicted molar refractivity (Wildman–Crippen MR) is 92.4 cm³/mol. The molecule has 0 atom stereocenters. The number of amides is 1. The van der Waals surface area contributed by atoms with E-state index in [1.807, 2.05) is 35.2 Å². The van der Waals surface area contributed by atoms with Crippen LogP contribution in [0.2, 0.25) is 0 Å². The molecule has 4 heteroatoms. The molecule has 0 bridgehead atoms. The van der Waals surface area contributed by atoms with Gasteiger partial charge in [0.1, 0.15) is 0 Å². The van der Waals surface area contributed by atoms with Crippen molar-refractivity contribution in [2.45, 2.75) is 19.4 Å². The van der Waals surface area contributed by atoms with Gasteiger partial charge >= 0.3 is 0 Å². The highest BCUT2D eigenvalue weighted by Crippen LogP contribution is 2.12. The number of nitrogens with zero attached hydrogens (tertiary/aromatic N) is 2. The second-order valence-corrected chi connectivity index (χ2v) is 5.65. The molecule has 0 aliphatic rings. The van der Waals surface area contributed by atoms with Gasteiger partial charge in [-0.25, -0.2) is 0 Å². The monoisotopic (exact) mass is 320 g/mol. The highest BCUT2D eigenvalue weighted by molar-refractivity contribution is 5.91. The molecule has 0 saturated heterocycles. The summed E-state index contributed by atoms with van der Waals surface area (Å²) in [7, 11) is 0. The molecule has 0 saturated carbocycles. The summed E-state index contributed by atoms with van der Waals surface area (Å²) in [5.74, 6) is 0.300. The fraction of sp³-hybridized carbons (Fsp3) is 0.200. The van der Waals surface area contributed by atoms with Gasteiger partial charge in [-0.2, -0.15) is 0 Å². The van der Waals surface area contributed by atoms with Crippen molar-refractivity contribution in [3.63, 3.8) is 0 Å². The Hall–Kier alpha value is -2.88. The number of hydrogen-bond acceptors (Lipinski definition) is 3. The van der Waals surface area contributed by atoms with E-state index in [0.717, 1.165) is 18.4 Å². The maximum atomic E-state index is 12.7. The molecule has 1 amide bonds. The molecule has 0 aliphatic carbocycles. The van der Waals surface area contributed by atoms with Gasteiger partial charge in [-0.3, -0.25) is 9.78 Å². The van der Waals surface area contributed by atoms with Crippen molar-refractivity contribution in [3.05, 3.63) is 90.1 Å². The predicted octanol–water partition coefficient (Wildman–Crippen LogP) is 3.95. The summed E-state index contributed by atoms with van der Waals surface area (Å²) in [5, 5.41) is 0. The Morgan fingerprint density at radius 3 is 2.46 bits per heavy atom. The van der Waals surface area contributed by atoms with Crippen LogP contribution < -0.4 is 0 Å². The third kappa shape index (κ3) is 4.32. The van der Waals surface area contributed by atoms with E-state index >= 15 is 0 Å². The summed E-state index contributed by atoms with van der Waals surface area (Å²) < 4.78 is 5.28. The first kappa shape index (κ1) is 16.0. The van der Waals surface area contributed by atoms with Crippen LogP contribution in [-0.2, 0) is 13.0 Å². The van der Waals surface area contributed by atoms with E-state index in [0.29, 0.717) is 18.8 Å². The molecule has 0 radical (unpaired) electrons. The summed E-state index contributed by atoms with van der Waals surface area (Å²) in [6.45, 7) is 1.23. The molecule has 0 aliphatic heterocycles.